The predicted molar refractivity (Wildman–Crippen MR) is 151 cm³/mol. The van der Waals surface area contributed by atoms with Gasteiger partial charge in [0.1, 0.15) is 35.7 Å². The van der Waals surface area contributed by atoms with Gasteiger partial charge in [-0.2, -0.15) is 0 Å². The molecular formula is C30H32ClFN2O5. The van der Waals surface area contributed by atoms with Crippen LogP contribution in [0.4, 0.5) is 10.1 Å². The second-order valence-corrected chi connectivity index (χ2v) is 10.4. The smallest absolute Gasteiger partial charge is 0.191 e. The Bertz CT molecular complexity index is 1460. The van der Waals surface area contributed by atoms with Gasteiger partial charge in [-0.15, -0.1) is 0 Å². The molecule has 0 bridgehead atoms. The Kier molecular flexibility index (Phi) is 8.67. The zero-order chi connectivity index (χ0) is 28.2. The minimum atomic E-state index is -0.931. The van der Waals surface area contributed by atoms with E-state index in [1.165, 1.54) is 25.3 Å². The summed E-state index contributed by atoms with van der Waals surface area (Å²) in [6.07, 6.45) is 1.64. The second-order valence-electron chi connectivity index (χ2n) is 9.93. The van der Waals surface area contributed by atoms with E-state index in [1.807, 2.05) is 20.8 Å². The molecule has 0 saturated carbocycles. The van der Waals surface area contributed by atoms with Gasteiger partial charge in [0, 0.05) is 63.2 Å². The monoisotopic (exact) mass is 554 g/mol. The van der Waals surface area contributed by atoms with Gasteiger partial charge in [-0.05, 0) is 45.0 Å². The molecule has 1 atom stereocenters. The van der Waals surface area contributed by atoms with Gasteiger partial charge in [-0.1, -0.05) is 17.7 Å². The highest BCUT2D eigenvalue weighted by atomic mass is 35.5. The molecule has 0 saturated heterocycles. The number of ether oxygens (including phenoxy) is 4. The molecule has 1 aromatic heterocycles. The number of anilines is 1. The Morgan fingerprint density at radius 1 is 1.00 bits per heavy atom. The van der Waals surface area contributed by atoms with Crippen molar-refractivity contribution in [3.8, 4) is 17.2 Å². The van der Waals surface area contributed by atoms with E-state index in [-0.39, 0.29) is 17.1 Å². The summed E-state index contributed by atoms with van der Waals surface area (Å²) in [6.45, 7) is 6.66. The highest BCUT2D eigenvalue weighted by Crippen LogP contribution is 2.35. The standard InChI is InChI=1S/C30H32ClFN2O5/c1-30(2,3)39-11-10-38-22-15-20(14-21(16-22)36-4)34-28(24-9-7-19(32)13-27(24)37-5)29(35)25-17-33-26-12-18(31)6-8-23(25)26/h6-9,12-17,28,33-34H,10-11H2,1-5H3. The van der Waals surface area contributed by atoms with Gasteiger partial charge in [0.15, 0.2) is 5.78 Å². The fraction of sp³-hybridized carbons (Fsp3) is 0.300. The van der Waals surface area contributed by atoms with Crippen molar-refractivity contribution < 1.29 is 28.1 Å². The number of methoxy groups -OCH3 is 2. The van der Waals surface area contributed by atoms with Gasteiger partial charge in [-0.25, -0.2) is 4.39 Å². The Balaban J connectivity index is 1.70. The molecule has 0 aliphatic rings. The summed E-state index contributed by atoms with van der Waals surface area (Å²) in [7, 11) is 2.99. The summed E-state index contributed by atoms with van der Waals surface area (Å²) >= 11 is 6.14. The van der Waals surface area contributed by atoms with Crippen LogP contribution >= 0.6 is 11.6 Å². The van der Waals surface area contributed by atoms with Crippen LogP contribution in [-0.4, -0.2) is 43.8 Å². The van der Waals surface area contributed by atoms with Crippen LogP contribution in [0.5, 0.6) is 17.2 Å². The summed E-state index contributed by atoms with van der Waals surface area (Å²) in [4.78, 5) is 17.2. The quantitative estimate of drug-likeness (QED) is 0.151. The third kappa shape index (κ3) is 7.02. The maximum absolute atomic E-state index is 14.1. The van der Waals surface area contributed by atoms with Crippen molar-refractivity contribution in [3.05, 3.63) is 82.8 Å². The molecule has 0 fully saturated rings. The summed E-state index contributed by atoms with van der Waals surface area (Å²) in [5.41, 5.74) is 1.93. The van der Waals surface area contributed by atoms with Crippen molar-refractivity contribution in [1.29, 1.82) is 0 Å². The molecule has 4 aromatic rings. The van der Waals surface area contributed by atoms with Crippen LogP contribution < -0.4 is 19.5 Å². The number of hydrogen-bond donors (Lipinski definition) is 2. The van der Waals surface area contributed by atoms with E-state index in [9.17, 15) is 9.18 Å². The first-order chi connectivity index (χ1) is 18.6. The first-order valence-electron chi connectivity index (χ1n) is 12.4. The van der Waals surface area contributed by atoms with Crippen LogP contribution in [0.2, 0.25) is 5.02 Å². The minimum absolute atomic E-state index is 0.238. The molecule has 7 nitrogen and oxygen atoms in total. The normalized spacial score (nSPS) is 12.3. The summed E-state index contributed by atoms with van der Waals surface area (Å²) < 4.78 is 36.7. The van der Waals surface area contributed by atoms with Gasteiger partial charge in [-0.3, -0.25) is 4.79 Å². The molecule has 1 heterocycles. The number of nitrogens with one attached hydrogen (secondary N) is 2. The number of halogens is 2. The van der Waals surface area contributed by atoms with Crippen molar-refractivity contribution in [2.45, 2.75) is 32.4 Å². The number of H-pyrrole nitrogens is 1. The van der Waals surface area contributed by atoms with E-state index in [0.717, 1.165) is 5.52 Å². The fourth-order valence-corrected chi connectivity index (χ4v) is 4.37. The van der Waals surface area contributed by atoms with Crippen LogP contribution in [0.1, 0.15) is 42.7 Å². The number of carbonyl (C=O) groups is 1. The molecule has 0 spiro atoms. The molecule has 0 radical (unpaired) electrons. The van der Waals surface area contributed by atoms with Crippen LogP contribution in [-0.2, 0) is 4.74 Å². The lowest BCUT2D eigenvalue weighted by Crippen LogP contribution is -2.23. The zero-order valence-corrected chi connectivity index (χ0v) is 23.3. The molecule has 0 amide bonds. The van der Waals surface area contributed by atoms with E-state index in [0.29, 0.717) is 51.9 Å². The lowest BCUT2D eigenvalue weighted by molar-refractivity contribution is -0.0163. The summed E-state index contributed by atoms with van der Waals surface area (Å²) in [5.74, 6) is 0.581. The molecule has 4 rings (SSSR count). The molecule has 9 heteroatoms. The fourth-order valence-electron chi connectivity index (χ4n) is 4.20. The van der Waals surface area contributed by atoms with Crippen molar-refractivity contribution in [2.24, 2.45) is 0 Å². The van der Waals surface area contributed by atoms with E-state index >= 15 is 0 Å². The molecule has 2 N–H and O–H groups in total. The number of fused-ring (bicyclic) bond motifs is 1. The third-order valence-electron chi connectivity index (χ3n) is 5.99. The highest BCUT2D eigenvalue weighted by molar-refractivity contribution is 6.31. The van der Waals surface area contributed by atoms with Gasteiger partial charge >= 0.3 is 0 Å². The maximum atomic E-state index is 14.1. The number of aromatic amines is 1. The Hall–Kier alpha value is -3.75. The van der Waals surface area contributed by atoms with Crippen LogP contribution in [0.3, 0.4) is 0 Å². The van der Waals surface area contributed by atoms with Crippen LogP contribution in [0, 0.1) is 5.82 Å². The largest absolute Gasteiger partial charge is 0.497 e. The Labute approximate surface area is 232 Å². The zero-order valence-electron chi connectivity index (χ0n) is 22.6. The first kappa shape index (κ1) is 28.3. The van der Waals surface area contributed by atoms with E-state index < -0.39 is 11.9 Å². The van der Waals surface area contributed by atoms with E-state index in [2.05, 4.69) is 10.3 Å². The van der Waals surface area contributed by atoms with Crippen molar-refractivity contribution in [3.63, 3.8) is 0 Å². The van der Waals surface area contributed by atoms with Crippen molar-refractivity contribution in [2.75, 3.05) is 32.8 Å². The maximum Gasteiger partial charge on any atom is 0.191 e. The van der Waals surface area contributed by atoms with E-state index in [4.69, 9.17) is 30.5 Å². The SMILES string of the molecule is COc1cc(NC(C(=O)c2c[nH]c3cc(Cl)ccc23)c2ccc(F)cc2OC)cc(OCCOC(C)(C)C)c1. The third-order valence-corrected chi connectivity index (χ3v) is 6.23. The average molecular weight is 555 g/mol. The molecule has 0 aliphatic carbocycles. The Morgan fingerprint density at radius 3 is 2.49 bits per heavy atom. The lowest BCUT2D eigenvalue weighted by Gasteiger charge is -2.22. The number of ketones is 1. The number of rotatable bonds is 11. The van der Waals surface area contributed by atoms with Crippen molar-refractivity contribution in [1.82, 2.24) is 4.98 Å². The van der Waals surface area contributed by atoms with Crippen molar-refractivity contribution >= 4 is 34.0 Å². The number of carbonyl (C=O) groups excluding carboxylic acids is 1. The highest BCUT2D eigenvalue weighted by Gasteiger charge is 2.28. The first-order valence-corrected chi connectivity index (χ1v) is 12.8. The summed E-state index contributed by atoms with van der Waals surface area (Å²) in [5, 5.41) is 4.56. The van der Waals surface area contributed by atoms with E-state index in [1.54, 1.807) is 49.7 Å². The van der Waals surface area contributed by atoms with Gasteiger partial charge in [0.2, 0.25) is 0 Å². The van der Waals surface area contributed by atoms with Crippen LogP contribution in [0.15, 0.2) is 60.8 Å². The van der Waals surface area contributed by atoms with Gasteiger partial charge in [0.05, 0.1) is 26.4 Å². The second kappa shape index (κ2) is 12.0. The molecule has 1 unspecified atom stereocenters. The van der Waals surface area contributed by atoms with Crippen LogP contribution in [0.25, 0.3) is 10.9 Å². The minimum Gasteiger partial charge on any atom is -0.497 e. The number of aromatic nitrogens is 1. The predicted octanol–water partition coefficient (Wildman–Crippen LogP) is 7.21. The Morgan fingerprint density at radius 2 is 1.77 bits per heavy atom. The average Bonchev–Trinajstić information content (AvgIpc) is 3.32. The molecule has 3 aromatic carbocycles. The molecule has 39 heavy (non-hydrogen) atoms. The number of Topliss-reactive ketones (excluding diaryl/α,β-unsaturated/α-hetero) is 1. The molecule has 0 aliphatic heterocycles. The number of hydrogen-bond acceptors (Lipinski definition) is 6. The van der Waals surface area contributed by atoms with Gasteiger partial charge < -0.3 is 29.2 Å². The topological polar surface area (TPSA) is 81.8 Å². The molecular weight excluding hydrogens is 523 g/mol. The summed E-state index contributed by atoms with van der Waals surface area (Å²) in [6, 6.07) is 13.7. The number of benzene rings is 3. The van der Waals surface area contributed by atoms with Gasteiger partial charge in [0.25, 0.3) is 0 Å². The molecule has 206 valence electrons. The lowest BCUT2D eigenvalue weighted by atomic mass is 9.95.